The lowest BCUT2D eigenvalue weighted by molar-refractivity contribution is 0.185. The van der Waals surface area contributed by atoms with Gasteiger partial charge in [0.25, 0.3) is 0 Å². The summed E-state index contributed by atoms with van der Waals surface area (Å²) in [4.78, 5) is 15.8. The molecule has 4 aromatic rings. The highest BCUT2D eigenvalue weighted by atomic mass is 19.1. The molecule has 0 saturated carbocycles. The highest BCUT2D eigenvalue weighted by molar-refractivity contribution is 5.75. The van der Waals surface area contributed by atoms with Gasteiger partial charge in [-0.1, -0.05) is 6.07 Å². The summed E-state index contributed by atoms with van der Waals surface area (Å²) in [5.41, 5.74) is 2.25. The third kappa shape index (κ3) is 5.36. The van der Waals surface area contributed by atoms with Crippen LogP contribution in [-0.2, 0) is 0 Å². The minimum absolute atomic E-state index is 0. The number of nitrogens with zero attached hydrogens (tertiary/aromatic N) is 6. The molecule has 9 nitrogen and oxygen atoms in total. The van der Waals surface area contributed by atoms with Gasteiger partial charge in [-0.15, -0.1) is 0 Å². The fraction of sp³-hybridized carbons (Fsp3) is 0.333. The number of ether oxygens (including phenoxy) is 1. The normalized spacial score (nSPS) is 15.3. The fourth-order valence-corrected chi connectivity index (χ4v) is 4.06. The molecule has 0 radical (unpaired) electrons. The number of fused-ring (bicyclic) bond motifs is 1. The highest BCUT2D eigenvalue weighted by Crippen LogP contribution is 2.28. The predicted octanol–water partition coefficient (Wildman–Crippen LogP) is 3.41. The molecular formula is C24H30F2N8O. The molecule has 1 aromatic carbocycles. The molecule has 1 saturated heterocycles. The summed E-state index contributed by atoms with van der Waals surface area (Å²) in [6, 6.07) is 6.78. The van der Waals surface area contributed by atoms with Crippen molar-refractivity contribution in [3.63, 3.8) is 0 Å². The van der Waals surface area contributed by atoms with Crippen molar-refractivity contribution in [1.82, 2.24) is 34.8 Å². The summed E-state index contributed by atoms with van der Waals surface area (Å²) in [7, 11) is 0. The van der Waals surface area contributed by atoms with Crippen molar-refractivity contribution in [2.75, 3.05) is 44.6 Å². The van der Waals surface area contributed by atoms with Crippen molar-refractivity contribution >= 4 is 11.5 Å². The van der Waals surface area contributed by atoms with Gasteiger partial charge in [-0.05, 0) is 19.1 Å². The van der Waals surface area contributed by atoms with Gasteiger partial charge in [-0.3, -0.25) is 4.90 Å². The molecule has 5 rings (SSSR count). The molecule has 2 N–H and O–H groups in total. The molecule has 0 spiro atoms. The second kappa shape index (κ2) is 10.3. The van der Waals surface area contributed by atoms with Gasteiger partial charge in [0.05, 0.1) is 23.5 Å². The van der Waals surface area contributed by atoms with Gasteiger partial charge >= 0.3 is 6.01 Å². The summed E-state index contributed by atoms with van der Waals surface area (Å²) >= 11 is 0. The average Bonchev–Trinajstić information content (AvgIpc) is 3.29. The third-order valence-corrected chi connectivity index (χ3v) is 5.90. The smallest absolute Gasteiger partial charge is 0.318 e. The average molecular weight is 485 g/mol. The molecule has 1 aliphatic heterocycles. The summed E-state index contributed by atoms with van der Waals surface area (Å²) in [5, 5.41) is 10.9. The van der Waals surface area contributed by atoms with Crippen molar-refractivity contribution in [2.45, 2.75) is 13.0 Å². The van der Waals surface area contributed by atoms with Gasteiger partial charge < -0.3 is 15.4 Å². The zero-order valence-electron chi connectivity index (χ0n) is 19.3. The lowest BCUT2D eigenvalue weighted by Gasteiger charge is -2.26. The number of benzene rings is 1. The first kappa shape index (κ1) is 23.1. The van der Waals surface area contributed by atoms with Gasteiger partial charge in [0.1, 0.15) is 24.1 Å². The van der Waals surface area contributed by atoms with Crippen LogP contribution in [0.2, 0.25) is 0 Å². The van der Waals surface area contributed by atoms with Crippen LogP contribution in [0.25, 0.3) is 16.9 Å². The van der Waals surface area contributed by atoms with E-state index in [-0.39, 0.29) is 8.86 Å². The van der Waals surface area contributed by atoms with Gasteiger partial charge in [0.15, 0.2) is 5.65 Å². The van der Waals surface area contributed by atoms with E-state index >= 15 is 0 Å². The van der Waals surface area contributed by atoms with Crippen molar-refractivity contribution in [2.24, 2.45) is 0 Å². The van der Waals surface area contributed by atoms with Gasteiger partial charge in [-0.25, -0.2) is 18.3 Å². The van der Waals surface area contributed by atoms with Crippen LogP contribution in [0.3, 0.4) is 0 Å². The maximum atomic E-state index is 14.3. The Bertz CT molecular complexity index is 1320. The van der Waals surface area contributed by atoms with E-state index < -0.39 is 17.7 Å². The molecule has 1 fully saturated rings. The lowest BCUT2D eigenvalue weighted by atomic mass is 10.1. The number of piperazine rings is 1. The van der Waals surface area contributed by atoms with Crippen molar-refractivity contribution < 1.29 is 16.4 Å². The summed E-state index contributed by atoms with van der Waals surface area (Å²) < 4.78 is 35.3. The minimum atomic E-state index is -0.626. The second-order valence-corrected chi connectivity index (χ2v) is 8.34. The number of halogens is 2. The molecule has 0 aliphatic carbocycles. The van der Waals surface area contributed by atoms with Crippen LogP contribution in [0.1, 0.15) is 21.4 Å². The van der Waals surface area contributed by atoms with E-state index in [2.05, 4.69) is 35.6 Å². The monoisotopic (exact) mass is 484 g/mol. The number of hydrogen-bond acceptors (Lipinski definition) is 8. The minimum Gasteiger partial charge on any atom is -0.462 e. The number of nitrogens with one attached hydrogen (secondary N) is 2. The number of hydrogen-bond donors (Lipinski definition) is 2. The van der Waals surface area contributed by atoms with Crippen molar-refractivity contribution in [3.8, 4) is 17.3 Å². The molecular weight excluding hydrogens is 454 g/mol. The molecule has 0 amide bonds. The first-order chi connectivity index (χ1) is 17.1. The summed E-state index contributed by atoms with van der Waals surface area (Å²) in [6.07, 6.45) is 5.17. The Balaban J connectivity index is 0.00000190. The van der Waals surface area contributed by atoms with E-state index in [1.54, 1.807) is 42.2 Å². The molecule has 3 aromatic heterocycles. The molecule has 0 bridgehead atoms. The van der Waals surface area contributed by atoms with Crippen LogP contribution in [0.5, 0.6) is 6.01 Å². The molecule has 186 valence electrons. The number of rotatable bonds is 8. The zero-order valence-corrected chi connectivity index (χ0v) is 19.3. The number of aromatic nitrogens is 5. The third-order valence-electron chi connectivity index (χ3n) is 5.90. The Morgan fingerprint density at radius 1 is 1.20 bits per heavy atom. The standard InChI is InChI=1S/C24H26F2N8O.2H2/c1-16(18-4-3-17(25)13-20(18)26)30-22-14-21(19-15-29-34-8-2-5-28-23(19)34)31-24(32-22)35-12-11-33-9-6-27-7-10-33;;/h2-5,8,13-16,27H,6-7,9-12H2,1H3,(H,30,31,32);2*1H/t16-;;/m0../s1. The first-order valence-electron chi connectivity index (χ1n) is 11.5. The van der Waals surface area contributed by atoms with Crippen LogP contribution in [0, 0.1) is 11.6 Å². The lowest BCUT2D eigenvalue weighted by Crippen LogP contribution is -2.44. The van der Waals surface area contributed by atoms with E-state index in [1.807, 2.05) is 0 Å². The maximum Gasteiger partial charge on any atom is 0.318 e. The van der Waals surface area contributed by atoms with E-state index in [0.717, 1.165) is 38.8 Å². The van der Waals surface area contributed by atoms with Crippen molar-refractivity contribution in [1.29, 1.82) is 0 Å². The molecule has 0 unspecified atom stereocenters. The topological polar surface area (TPSA) is 92.5 Å². The molecule has 4 heterocycles. The highest BCUT2D eigenvalue weighted by Gasteiger charge is 2.17. The van der Waals surface area contributed by atoms with Crippen LogP contribution in [-0.4, -0.2) is 68.8 Å². The van der Waals surface area contributed by atoms with Crippen molar-refractivity contribution in [3.05, 3.63) is 66.1 Å². The summed E-state index contributed by atoms with van der Waals surface area (Å²) in [6.45, 7) is 6.81. The first-order valence-corrected chi connectivity index (χ1v) is 11.5. The van der Waals surface area contributed by atoms with E-state index in [1.165, 1.54) is 12.1 Å². The zero-order chi connectivity index (χ0) is 24.2. The van der Waals surface area contributed by atoms with Crippen LogP contribution < -0.4 is 15.4 Å². The Morgan fingerprint density at radius 2 is 2.06 bits per heavy atom. The van der Waals surface area contributed by atoms with E-state index in [4.69, 9.17) is 4.74 Å². The summed E-state index contributed by atoms with van der Waals surface area (Å²) in [5.74, 6) is -0.805. The largest absolute Gasteiger partial charge is 0.462 e. The SMILES string of the molecule is C[C@H](Nc1cc(-c2cnn3cccnc23)nc(OCCN2CCNCC2)n1)c1ccc(F)cc1F.[HH].[HH]. The quantitative estimate of drug-likeness (QED) is 0.393. The second-order valence-electron chi connectivity index (χ2n) is 8.34. The van der Waals surface area contributed by atoms with E-state index in [0.29, 0.717) is 34.9 Å². The Hall–Kier alpha value is -3.70. The Labute approximate surface area is 204 Å². The maximum absolute atomic E-state index is 14.3. The van der Waals surface area contributed by atoms with Crippen LogP contribution in [0.15, 0.2) is 48.9 Å². The molecule has 1 aliphatic rings. The van der Waals surface area contributed by atoms with Gasteiger partial charge in [0, 0.05) is 65.7 Å². The van der Waals surface area contributed by atoms with Crippen LogP contribution >= 0.6 is 0 Å². The molecule has 11 heteroatoms. The molecule has 35 heavy (non-hydrogen) atoms. The molecule has 1 atom stereocenters. The Morgan fingerprint density at radius 3 is 2.89 bits per heavy atom. The Kier molecular flexibility index (Phi) is 6.77. The fourth-order valence-electron chi connectivity index (χ4n) is 4.06. The van der Waals surface area contributed by atoms with Gasteiger partial charge in [-0.2, -0.15) is 15.1 Å². The number of anilines is 1. The van der Waals surface area contributed by atoms with Crippen LogP contribution in [0.4, 0.5) is 14.6 Å². The predicted molar refractivity (Wildman–Crippen MR) is 131 cm³/mol. The van der Waals surface area contributed by atoms with Gasteiger partial charge in [0.2, 0.25) is 0 Å². The van der Waals surface area contributed by atoms with E-state index in [9.17, 15) is 8.78 Å².